The van der Waals surface area contributed by atoms with Crippen molar-refractivity contribution < 1.29 is 19.8 Å². The van der Waals surface area contributed by atoms with Gasteiger partial charge in [0.25, 0.3) is 0 Å². The van der Waals surface area contributed by atoms with E-state index in [0.717, 1.165) is 0 Å². The van der Waals surface area contributed by atoms with Crippen molar-refractivity contribution in [3.8, 4) is 0 Å². The van der Waals surface area contributed by atoms with Crippen molar-refractivity contribution in [2.24, 2.45) is 0 Å². The molecule has 0 spiro atoms. The van der Waals surface area contributed by atoms with Gasteiger partial charge in [-0.25, -0.2) is 0 Å². The molecular weight excluding hydrogens is 146 g/mol. The van der Waals surface area contributed by atoms with Crippen molar-refractivity contribution in [1.82, 2.24) is 0 Å². The molecule has 0 aliphatic heterocycles. The maximum atomic E-state index is 5.28. The summed E-state index contributed by atoms with van der Waals surface area (Å²) in [7, 11) is 4.02. The maximum Gasteiger partial charge on any atom is 0.306 e. The van der Waals surface area contributed by atoms with Gasteiger partial charge in [-0.05, 0) is 13.8 Å². The van der Waals surface area contributed by atoms with Crippen LogP contribution in [0.2, 0.25) is 0 Å². The van der Waals surface area contributed by atoms with E-state index in [9.17, 15) is 0 Å². The van der Waals surface area contributed by atoms with Crippen molar-refractivity contribution in [3.63, 3.8) is 0 Å². The van der Waals surface area contributed by atoms with Gasteiger partial charge in [0.2, 0.25) is 0 Å². The van der Waals surface area contributed by atoms with Crippen molar-refractivity contribution in [2.45, 2.75) is 20.3 Å². The topological polar surface area (TPSA) is 52.9 Å². The Hall–Kier alpha value is -0.160. The van der Waals surface area contributed by atoms with E-state index in [0.29, 0.717) is 13.2 Å². The minimum atomic E-state index is -0.102. The molecule has 0 heterocycles. The summed E-state index contributed by atoms with van der Waals surface area (Å²) < 4.78 is 10.6. The Bertz CT molecular complexity index is 72.1. The Morgan fingerprint density at radius 3 is 1.64 bits per heavy atom. The van der Waals surface area contributed by atoms with Gasteiger partial charge in [-0.15, -0.1) is 0 Å². The molecule has 2 N–H and O–H groups in total. The van der Waals surface area contributed by atoms with E-state index in [-0.39, 0.29) is 11.9 Å². The Balaban J connectivity index is 0. The van der Waals surface area contributed by atoms with E-state index in [1.54, 1.807) is 0 Å². The van der Waals surface area contributed by atoms with Crippen LogP contribution in [-0.4, -0.2) is 39.2 Å². The highest BCUT2D eigenvalue weighted by atomic mass is 16.7. The van der Waals surface area contributed by atoms with Gasteiger partial charge in [0.05, 0.1) is 27.3 Å². The summed E-state index contributed by atoms with van der Waals surface area (Å²) in [6, 6.07) is 0. The zero-order chi connectivity index (χ0) is 7.98. The van der Waals surface area contributed by atoms with Crippen LogP contribution in [-0.2, 0) is 9.47 Å². The minimum Gasteiger partial charge on any atom is -0.870 e. The summed E-state index contributed by atoms with van der Waals surface area (Å²) in [5.41, 5.74) is 0. The zero-order valence-electron chi connectivity index (χ0n) is 7.76. The summed E-state index contributed by atoms with van der Waals surface area (Å²) in [6.07, 6.45) is -0.102. The molecule has 0 saturated carbocycles. The molecule has 0 amide bonds. The summed E-state index contributed by atoms with van der Waals surface area (Å²) in [5, 5.41) is 0. The van der Waals surface area contributed by atoms with Gasteiger partial charge >= 0.3 is 6.41 Å². The summed E-state index contributed by atoms with van der Waals surface area (Å²) >= 11 is 0. The van der Waals surface area contributed by atoms with Crippen molar-refractivity contribution >= 4 is 0 Å². The molecule has 0 radical (unpaired) electrons. The number of rotatable bonds is 5. The molecule has 0 saturated heterocycles. The molecule has 70 valence electrons. The van der Waals surface area contributed by atoms with E-state index in [4.69, 9.17) is 9.47 Å². The lowest BCUT2D eigenvalue weighted by molar-refractivity contribution is -0.939. The van der Waals surface area contributed by atoms with Gasteiger partial charge in [0, 0.05) is 0 Å². The third-order valence-electron chi connectivity index (χ3n) is 1.11. The van der Waals surface area contributed by atoms with Crippen LogP contribution in [0.5, 0.6) is 0 Å². The molecule has 0 aromatic heterocycles. The first-order valence-electron chi connectivity index (χ1n) is 3.75. The molecule has 0 fully saturated rings. The Labute approximate surface area is 68.4 Å². The van der Waals surface area contributed by atoms with Crippen LogP contribution in [0.1, 0.15) is 13.8 Å². The molecular formula is C7H19NO3. The van der Waals surface area contributed by atoms with Crippen LogP contribution in [0.25, 0.3) is 0 Å². The fourth-order valence-corrected chi connectivity index (χ4v) is 0.684. The van der Waals surface area contributed by atoms with Crippen LogP contribution in [0, 0.1) is 0 Å². The summed E-state index contributed by atoms with van der Waals surface area (Å²) in [5.74, 6) is 0. The van der Waals surface area contributed by atoms with Gasteiger partial charge < -0.3 is 14.9 Å². The molecule has 0 aliphatic rings. The second kappa shape index (κ2) is 7.94. The van der Waals surface area contributed by atoms with Crippen molar-refractivity contribution in [3.05, 3.63) is 0 Å². The maximum absolute atomic E-state index is 5.28. The van der Waals surface area contributed by atoms with E-state index in [2.05, 4.69) is 0 Å². The number of hydrogen-bond donors (Lipinski definition) is 1. The molecule has 0 aromatic carbocycles. The fraction of sp³-hybridized carbons (Fsp3) is 1.00. The molecule has 0 unspecified atom stereocenters. The number of nitrogens with one attached hydrogen (secondary N) is 1. The average molecular weight is 165 g/mol. The van der Waals surface area contributed by atoms with Crippen LogP contribution >= 0.6 is 0 Å². The molecule has 0 aromatic rings. The van der Waals surface area contributed by atoms with Gasteiger partial charge in [0.15, 0.2) is 0 Å². The van der Waals surface area contributed by atoms with Crippen molar-refractivity contribution in [1.29, 1.82) is 0 Å². The van der Waals surface area contributed by atoms with Crippen LogP contribution in [0.3, 0.4) is 0 Å². The highest BCUT2D eigenvalue weighted by Gasteiger charge is 2.12. The van der Waals surface area contributed by atoms with E-state index < -0.39 is 0 Å². The first kappa shape index (κ1) is 13.4. The lowest BCUT2D eigenvalue weighted by Crippen LogP contribution is -3.10. The molecule has 0 atom stereocenters. The highest BCUT2D eigenvalue weighted by Crippen LogP contribution is 1.83. The zero-order valence-corrected chi connectivity index (χ0v) is 7.76. The van der Waals surface area contributed by atoms with Gasteiger partial charge in [0.1, 0.15) is 0 Å². The SMILES string of the molecule is CCOC(OCC)[NH+](C)C.[OH-]. The highest BCUT2D eigenvalue weighted by molar-refractivity contribution is 4.17. The number of ether oxygens (including phenoxy) is 2. The standard InChI is InChI=1S/C7H17NO2.H2O/c1-5-9-7(8(3)4)10-6-2;/h7H,5-6H2,1-4H3;1H2. The third kappa shape index (κ3) is 6.25. The van der Waals surface area contributed by atoms with Crippen LogP contribution < -0.4 is 4.90 Å². The molecule has 11 heavy (non-hydrogen) atoms. The number of hydrogen-bond acceptors (Lipinski definition) is 3. The first-order chi connectivity index (χ1) is 4.72. The second-order valence-corrected chi connectivity index (χ2v) is 2.32. The van der Waals surface area contributed by atoms with E-state index in [1.165, 1.54) is 4.90 Å². The number of quaternary nitrogens is 1. The summed E-state index contributed by atoms with van der Waals surface area (Å²) in [4.78, 5) is 1.17. The quantitative estimate of drug-likeness (QED) is 0.549. The molecule has 0 rings (SSSR count). The largest absolute Gasteiger partial charge is 0.870 e. The lowest BCUT2D eigenvalue weighted by Gasteiger charge is -2.19. The van der Waals surface area contributed by atoms with Crippen LogP contribution in [0.15, 0.2) is 0 Å². The fourth-order valence-electron chi connectivity index (χ4n) is 0.684. The van der Waals surface area contributed by atoms with Crippen LogP contribution in [0.4, 0.5) is 0 Å². The third-order valence-corrected chi connectivity index (χ3v) is 1.11. The molecule has 0 aliphatic carbocycles. The Kier molecular flexibility index (Phi) is 9.70. The summed E-state index contributed by atoms with van der Waals surface area (Å²) in [6.45, 7) is 5.34. The average Bonchev–Trinajstić information content (AvgIpc) is 1.87. The van der Waals surface area contributed by atoms with E-state index >= 15 is 0 Å². The molecule has 4 nitrogen and oxygen atoms in total. The smallest absolute Gasteiger partial charge is 0.306 e. The Morgan fingerprint density at radius 1 is 1.09 bits per heavy atom. The predicted molar refractivity (Wildman–Crippen MR) is 41.8 cm³/mol. The van der Waals surface area contributed by atoms with E-state index in [1.807, 2.05) is 27.9 Å². The van der Waals surface area contributed by atoms with Crippen molar-refractivity contribution in [2.75, 3.05) is 27.3 Å². The Morgan fingerprint density at radius 2 is 1.45 bits per heavy atom. The predicted octanol–water partition coefficient (Wildman–Crippen LogP) is -0.689. The normalized spacial score (nSPS) is 10.4. The molecule has 0 bridgehead atoms. The van der Waals surface area contributed by atoms with Gasteiger partial charge in [-0.2, -0.15) is 0 Å². The minimum absolute atomic E-state index is 0. The van der Waals surface area contributed by atoms with Gasteiger partial charge in [-0.1, -0.05) is 0 Å². The van der Waals surface area contributed by atoms with Gasteiger partial charge in [-0.3, -0.25) is 4.90 Å². The first-order valence-corrected chi connectivity index (χ1v) is 3.75. The molecule has 4 heteroatoms. The lowest BCUT2D eigenvalue weighted by atomic mass is 10.8. The monoisotopic (exact) mass is 165 g/mol. The second-order valence-electron chi connectivity index (χ2n) is 2.32.